The van der Waals surface area contributed by atoms with Crippen molar-refractivity contribution in [2.24, 2.45) is 7.05 Å². The highest BCUT2D eigenvalue weighted by molar-refractivity contribution is 9.10. The first-order valence-electron chi connectivity index (χ1n) is 8.60. The van der Waals surface area contributed by atoms with E-state index in [4.69, 9.17) is 4.74 Å². The summed E-state index contributed by atoms with van der Waals surface area (Å²) >= 11 is 3.33. The second kappa shape index (κ2) is 8.79. The SMILES string of the molecule is Cn1c(CCC(=O)OCC(=O)Nc2ccccc2Br)nc2ccccc2c1=O. The fraction of sp³-hybridized carbons (Fsp3) is 0.200. The number of esters is 1. The molecule has 0 saturated carbocycles. The van der Waals surface area contributed by atoms with Crippen molar-refractivity contribution in [2.75, 3.05) is 11.9 Å². The molecular formula is C20H18BrN3O4. The summed E-state index contributed by atoms with van der Waals surface area (Å²) in [6.07, 6.45) is 0.252. The molecule has 8 heteroatoms. The normalized spacial score (nSPS) is 10.6. The van der Waals surface area contributed by atoms with Crippen LogP contribution in [0.4, 0.5) is 5.69 Å². The van der Waals surface area contributed by atoms with Crippen molar-refractivity contribution in [3.63, 3.8) is 0 Å². The Hall–Kier alpha value is -3.00. The molecule has 3 aromatic rings. The smallest absolute Gasteiger partial charge is 0.306 e. The van der Waals surface area contributed by atoms with Gasteiger partial charge in [0.2, 0.25) is 0 Å². The molecule has 0 spiro atoms. The number of hydrogen-bond donors (Lipinski definition) is 1. The number of benzene rings is 2. The zero-order valence-electron chi connectivity index (χ0n) is 15.1. The Kier molecular flexibility index (Phi) is 6.20. The van der Waals surface area contributed by atoms with Gasteiger partial charge in [-0.3, -0.25) is 19.0 Å². The number of halogens is 1. The predicted octanol–water partition coefficient (Wildman–Crippen LogP) is 2.81. The minimum atomic E-state index is -0.537. The predicted molar refractivity (Wildman–Crippen MR) is 109 cm³/mol. The minimum Gasteiger partial charge on any atom is -0.456 e. The highest BCUT2D eigenvalue weighted by Crippen LogP contribution is 2.20. The molecule has 0 aliphatic carbocycles. The van der Waals surface area contributed by atoms with Gasteiger partial charge >= 0.3 is 5.97 Å². The number of nitrogens with one attached hydrogen (secondary N) is 1. The van der Waals surface area contributed by atoms with Crippen LogP contribution in [0.5, 0.6) is 0 Å². The van der Waals surface area contributed by atoms with E-state index in [1.54, 1.807) is 49.5 Å². The average molecular weight is 444 g/mol. The number of nitrogens with zero attached hydrogens (tertiary/aromatic N) is 2. The van der Waals surface area contributed by atoms with Crippen LogP contribution in [0.15, 0.2) is 57.8 Å². The van der Waals surface area contributed by atoms with E-state index < -0.39 is 11.9 Å². The van der Waals surface area contributed by atoms with Crippen LogP contribution in [0.2, 0.25) is 0 Å². The van der Waals surface area contributed by atoms with Crippen LogP contribution in [0, 0.1) is 0 Å². The van der Waals surface area contributed by atoms with Crippen molar-refractivity contribution in [3.8, 4) is 0 Å². The lowest BCUT2D eigenvalue weighted by Gasteiger charge is -2.10. The fourth-order valence-electron chi connectivity index (χ4n) is 2.67. The summed E-state index contributed by atoms with van der Waals surface area (Å²) in [5.74, 6) is -0.487. The van der Waals surface area contributed by atoms with E-state index in [0.29, 0.717) is 22.4 Å². The Morgan fingerprint density at radius 2 is 1.86 bits per heavy atom. The van der Waals surface area contributed by atoms with Gasteiger partial charge in [-0.1, -0.05) is 24.3 Å². The molecule has 3 rings (SSSR count). The van der Waals surface area contributed by atoms with Crippen LogP contribution in [0.1, 0.15) is 12.2 Å². The molecule has 7 nitrogen and oxygen atoms in total. The van der Waals surface area contributed by atoms with E-state index in [1.807, 2.05) is 6.07 Å². The molecule has 2 aromatic carbocycles. The highest BCUT2D eigenvalue weighted by atomic mass is 79.9. The van der Waals surface area contributed by atoms with Crippen molar-refractivity contribution >= 4 is 44.4 Å². The van der Waals surface area contributed by atoms with E-state index in [2.05, 4.69) is 26.2 Å². The summed E-state index contributed by atoms with van der Waals surface area (Å²) in [6.45, 7) is -0.385. The molecule has 28 heavy (non-hydrogen) atoms. The molecule has 1 aromatic heterocycles. The number of aromatic nitrogens is 2. The molecular weight excluding hydrogens is 426 g/mol. The number of ether oxygens (including phenoxy) is 1. The third kappa shape index (κ3) is 4.64. The van der Waals surface area contributed by atoms with E-state index in [9.17, 15) is 14.4 Å². The number of para-hydroxylation sites is 2. The Balaban J connectivity index is 1.55. The molecule has 0 aliphatic rings. The molecule has 0 atom stereocenters. The summed E-state index contributed by atoms with van der Waals surface area (Å²) in [5, 5.41) is 3.18. The van der Waals surface area contributed by atoms with Crippen LogP contribution in [-0.4, -0.2) is 28.0 Å². The monoisotopic (exact) mass is 443 g/mol. The molecule has 0 bridgehead atoms. The molecule has 0 unspecified atom stereocenters. The summed E-state index contributed by atoms with van der Waals surface area (Å²) < 4.78 is 7.17. The molecule has 0 radical (unpaired) electrons. The third-order valence-corrected chi connectivity index (χ3v) is 4.83. The average Bonchev–Trinajstić information content (AvgIpc) is 2.70. The number of aryl methyl sites for hydroxylation is 1. The Bertz CT molecular complexity index is 1090. The van der Waals surface area contributed by atoms with Crippen molar-refractivity contribution < 1.29 is 14.3 Å². The van der Waals surface area contributed by atoms with Crippen LogP contribution in [0.3, 0.4) is 0 Å². The number of amides is 1. The van der Waals surface area contributed by atoms with E-state index in [0.717, 1.165) is 4.47 Å². The van der Waals surface area contributed by atoms with Gasteiger partial charge < -0.3 is 10.1 Å². The molecule has 1 N–H and O–H groups in total. The first-order chi connectivity index (χ1) is 13.5. The molecule has 1 amide bonds. The summed E-state index contributed by atoms with van der Waals surface area (Å²) in [5.41, 5.74) is 1.02. The van der Waals surface area contributed by atoms with Crippen LogP contribution in [0.25, 0.3) is 10.9 Å². The molecule has 1 heterocycles. The number of rotatable bonds is 6. The van der Waals surface area contributed by atoms with Gasteiger partial charge in [0.05, 0.1) is 23.0 Å². The first kappa shape index (κ1) is 19.8. The Labute approximate surface area is 169 Å². The fourth-order valence-corrected chi connectivity index (χ4v) is 3.05. The quantitative estimate of drug-likeness (QED) is 0.591. The zero-order valence-corrected chi connectivity index (χ0v) is 16.7. The number of carbonyl (C=O) groups is 2. The lowest BCUT2D eigenvalue weighted by Crippen LogP contribution is -2.24. The lowest BCUT2D eigenvalue weighted by atomic mass is 10.2. The van der Waals surface area contributed by atoms with Gasteiger partial charge in [-0.15, -0.1) is 0 Å². The molecule has 0 aliphatic heterocycles. The number of carbonyl (C=O) groups excluding carboxylic acids is 2. The molecule has 144 valence electrons. The second-order valence-corrected chi connectivity index (χ2v) is 6.95. The maximum absolute atomic E-state index is 12.4. The summed E-state index contributed by atoms with van der Waals surface area (Å²) in [6, 6.07) is 14.2. The maximum Gasteiger partial charge on any atom is 0.306 e. The number of hydrogen-bond acceptors (Lipinski definition) is 5. The topological polar surface area (TPSA) is 90.3 Å². The molecule has 0 saturated heterocycles. The van der Waals surface area contributed by atoms with Gasteiger partial charge in [-0.2, -0.15) is 0 Å². The van der Waals surface area contributed by atoms with Crippen molar-refractivity contribution in [1.29, 1.82) is 0 Å². The van der Waals surface area contributed by atoms with Gasteiger partial charge in [0.25, 0.3) is 11.5 Å². The lowest BCUT2D eigenvalue weighted by molar-refractivity contribution is -0.147. The number of fused-ring (bicyclic) bond motifs is 1. The van der Waals surface area contributed by atoms with Crippen molar-refractivity contribution in [2.45, 2.75) is 12.8 Å². The van der Waals surface area contributed by atoms with Gasteiger partial charge in [-0.25, -0.2) is 4.98 Å². The second-order valence-electron chi connectivity index (χ2n) is 6.10. The van der Waals surface area contributed by atoms with E-state index in [-0.39, 0.29) is 25.0 Å². The van der Waals surface area contributed by atoms with Gasteiger partial charge in [-0.05, 0) is 40.2 Å². The summed E-state index contributed by atoms with van der Waals surface area (Å²) in [7, 11) is 1.62. The van der Waals surface area contributed by atoms with Gasteiger partial charge in [0, 0.05) is 17.9 Å². The standard InChI is InChI=1S/C20H18BrN3O4/c1-24-17(22-15-8-4-2-6-13(15)20(24)27)10-11-19(26)28-12-18(25)23-16-9-5-3-7-14(16)21/h2-9H,10-12H2,1H3,(H,23,25). The van der Waals surface area contributed by atoms with E-state index >= 15 is 0 Å². The maximum atomic E-state index is 12.4. The first-order valence-corrected chi connectivity index (χ1v) is 9.39. The third-order valence-electron chi connectivity index (χ3n) is 4.14. The van der Waals surface area contributed by atoms with Crippen molar-refractivity contribution in [1.82, 2.24) is 9.55 Å². The molecule has 0 fully saturated rings. The Morgan fingerprint density at radius 1 is 1.14 bits per heavy atom. The minimum absolute atomic E-state index is 0.0148. The van der Waals surface area contributed by atoms with Gasteiger partial charge in [0.15, 0.2) is 6.61 Å². The van der Waals surface area contributed by atoms with Crippen molar-refractivity contribution in [3.05, 3.63) is 69.2 Å². The van der Waals surface area contributed by atoms with Crippen LogP contribution in [-0.2, 0) is 27.8 Å². The Morgan fingerprint density at radius 3 is 2.64 bits per heavy atom. The van der Waals surface area contributed by atoms with E-state index in [1.165, 1.54) is 4.57 Å². The van der Waals surface area contributed by atoms with Crippen LogP contribution >= 0.6 is 15.9 Å². The highest BCUT2D eigenvalue weighted by Gasteiger charge is 2.12. The summed E-state index contributed by atoms with van der Waals surface area (Å²) in [4.78, 5) is 40.7. The zero-order chi connectivity index (χ0) is 20.1. The largest absolute Gasteiger partial charge is 0.456 e. The number of anilines is 1. The van der Waals surface area contributed by atoms with Gasteiger partial charge in [0.1, 0.15) is 5.82 Å². The van der Waals surface area contributed by atoms with Crippen LogP contribution < -0.4 is 10.9 Å².